The van der Waals surface area contributed by atoms with Gasteiger partial charge in [-0.15, -0.1) is 0 Å². The second kappa shape index (κ2) is 7.05. The Morgan fingerprint density at radius 1 is 1.43 bits per heavy atom. The van der Waals surface area contributed by atoms with Crippen molar-refractivity contribution in [3.05, 3.63) is 35.9 Å². The Morgan fingerprint density at radius 2 is 2.14 bits per heavy atom. The van der Waals surface area contributed by atoms with Crippen molar-refractivity contribution in [1.82, 2.24) is 10.6 Å². The monoisotopic (exact) mass is 290 g/mol. The predicted molar refractivity (Wildman–Crippen MR) is 84.3 cm³/mol. The smallest absolute Gasteiger partial charge is 0.221 e. The van der Waals surface area contributed by atoms with Crippen LogP contribution in [0.1, 0.15) is 32.8 Å². The maximum absolute atomic E-state index is 12.2. The van der Waals surface area contributed by atoms with E-state index in [2.05, 4.69) is 43.5 Å². The first-order valence-electron chi connectivity index (χ1n) is 7.66. The topological polar surface area (TPSA) is 50.4 Å². The number of hydrogen-bond acceptors (Lipinski definition) is 3. The molecule has 1 aromatic rings. The van der Waals surface area contributed by atoms with Crippen LogP contribution < -0.4 is 10.6 Å². The van der Waals surface area contributed by atoms with Crippen molar-refractivity contribution in [3.63, 3.8) is 0 Å². The zero-order chi connectivity index (χ0) is 15.3. The minimum Gasteiger partial charge on any atom is -0.378 e. The Morgan fingerprint density at radius 3 is 2.76 bits per heavy atom. The number of morpholine rings is 1. The van der Waals surface area contributed by atoms with Gasteiger partial charge in [0.15, 0.2) is 0 Å². The van der Waals surface area contributed by atoms with Gasteiger partial charge in [0.05, 0.1) is 13.2 Å². The highest BCUT2D eigenvalue weighted by molar-refractivity contribution is 5.77. The second-order valence-electron chi connectivity index (χ2n) is 6.31. The lowest BCUT2D eigenvalue weighted by Gasteiger charge is -2.33. The van der Waals surface area contributed by atoms with E-state index in [1.165, 1.54) is 5.56 Å². The average molecular weight is 290 g/mol. The van der Waals surface area contributed by atoms with E-state index in [4.69, 9.17) is 4.74 Å². The summed E-state index contributed by atoms with van der Waals surface area (Å²) in [6.07, 6.45) is 0.467. The number of ether oxygens (including phenoxy) is 1. The third kappa shape index (κ3) is 4.29. The molecule has 0 bridgehead atoms. The number of carbonyl (C=O) groups excluding carboxylic acids is 1. The largest absolute Gasteiger partial charge is 0.378 e. The van der Waals surface area contributed by atoms with E-state index < -0.39 is 0 Å². The van der Waals surface area contributed by atoms with E-state index in [9.17, 15) is 4.79 Å². The Kier molecular flexibility index (Phi) is 5.37. The molecule has 21 heavy (non-hydrogen) atoms. The molecule has 4 nitrogen and oxygen atoms in total. The van der Waals surface area contributed by atoms with Gasteiger partial charge < -0.3 is 15.4 Å². The van der Waals surface area contributed by atoms with Crippen molar-refractivity contribution in [3.8, 4) is 0 Å². The number of amides is 1. The molecular formula is C17H26N2O2. The van der Waals surface area contributed by atoms with Crippen LogP contribution in [0.4, 0.5) is 0 Å². The fraction of sp³-hybridized carbons (Fsp3) is 0.588. The molecule has 2 N–H and O–H groups in total. The Bertz CT molecular complexity index is 453. The van der Waals surface area contributed by atoms with Gasteiger partial charge in [0.25, 0.3) is 0 Å². The number of benzene rings is 1. The van der Waals surface area contributed by atoms with E-state index in [1.807, 2.05) is 18.2 Å². The fourth-order valence-electron chi connectivity index (χ4n) is 2.57. The summed E-state index contributed by atoms with van der Waals surface area (Å²) in [6, 6.07) is 10.5. The first kappa shape index (κ1) is 16.0. The summed E-state index contributed by atoms with van der Waals surface area (Å²) in [5.74, 6) is 0.0782. The van der Waals surface area contributed by atoms with Crippen LogP contribution >= 0.6 is 0 Å². The summed E-state index contributed by atoms with van der Waals surface area (Å²) in [7, 11) is 0. The van der Waals surface area contributed by atoms with Gasteiger partial charge in [-0.3, -0.25) is 4.79 Å². The van der Waals surface area contributed by atoms with Gasteiger partial charge in [0.1, 0.15) is 0 Å². The molecule has 2 atom stereocenters. The highest BCUT2D eigenvalue weighted by Gasteiger charge is 2.29. The van der Waals surface area contributed by atoms with Crippen LogP contribution in [-0.4, -0.2) is 37.7 Å². The Balaban J connectivity index is 1.90. The number of rotatable bonds is 5. The molecule has 1 heterocycles. The van der Waals surface area contributed by atoms with Gasteiger partial charge in [-0.25, -0.2) is 0 Å². The molecule has 0 radical (unpaired) electrons. The average Bonchev–Trinajstić information content (AvgIpc) is 2.49. The van der Waals surface area contributed by atoms with Gasteiger partial charge in [-0.1, -0.05) is 44.2 Å². The van der Waals surface area contributed by atoms with Crippen molar-refractivity contribution in [2.24, 2.45) is 0 Å². The van der Waals surface area contributed by atoms with Crippen molar-refractivity contribution >= 4 is 5.91 Å². The molecule has 2 rings (SSSR count). The molecule has 2 unspecified atom stereocenters. The van der Waals surface area contributed by atoms with Crippen molar-refractivity contribution in [1.29, 1.82) is 0 Å². The molecule has 0 spiro atoms. The summed E-state index contributed by atoms with van der Waals surface area (Å²) < 4.78 is 5.38. The van der Waals surface area contributed by atoms with E-state index in [1.54, 1.807) is 0 Å². The normalized spacial score (nSPS) is 20.8. The van der Waals surface area contributed by atoms with E-state index >= 15 is 0 Å². The second-order valence-corrected chi connectivity index (χ2v) is 6.31. The lowest BCUT2D eigenvalue weighted by atomic mass is 9.78. The van der Waals surface area contributed by atoms with Crippen molar-refractivity contribution in [2.45, 2.75) is 44.7 Å². The summed E-state index contributed by atoms with van der Waals surface area (Å²) in [4.78, 5) is 12.2. The van der Waals surface area contributed by atoms with Crippen molar-refractivity contribution < 1.29 is 9.53 Å². The highest BCUT2D eigenvalue weighted by atomic mass is 16.5. The van der Waals surface area contributed by atoms with Gasteiger partial charge in [0, 0.05) is 30.5 Å². The lowest BCUT2D eigenvalue weighted by molar-refractivity contribution is -0.123. The molecule has 1 aliphatic heterocycles. The predicted octanol–water partition coefficient (Wildman–Crippen LogP) is 1.85. The molecule has 0 saturated carbocycles. The minimum atomic E-state index is -0.104. The molecule has 1 saturated heterocycles. The quantitative estimate of drug-likeness (QED) is 0.870. The number of nitrogens with one attached hydrogen (secondary N) is 2. The van der Waals surface area contributed by atoms with E-state index in [0.29, 0.717) is 13.0 Å². The fourth-order valence-corrected chi connectivity index (χ4v) is 2.57. The SMILES string of the molecule is CC(NC(=O)CC1COCCN1)C(C)(C)c1ccccc1. The molecule has 0 aromatic heterocycles. The molecule has 116 valence electrons. The van der Waals surface area contributed by atoms with Gasteiger partial charge in [0.2, 0.25) is 5.91 Å². The number of carbonyl (C=O) groups is 1. The van der Waals surface area contributed by atoms with Crippen LogP contribution in [0, 0.1) is 0 Å². The molecular weight excluding hydrogens is 264 g/mol. The summed E-state index contributed by atoms with van der Waals surface area (Å²) in [6.45, 7) is 8.56. The van der Waals surface area contributed by atoms with Gasteiger partial charge >= 0.3 is 0 Å². The molecule has 1 fully saturated rings. The number of hydrogen-bond donors (Lipinski definition) is 2. The Hall–Kier alpha value is -1.39. The van der Waals surface area contributed by atoms with E-state index in [-0.39, 0.29) is 23.4 Å². The summed E-state index contributed by atoms with van der Waals surface area (Å²) in [5, 5.41) is 6.44. The van der Waals surface area contributed by atoms with Crippen LogP contribution in [0.5, 0.6) is 0 Å². The third-order valence-corrected chi connectivity index (χ3v) is 4.41. The molecule has 1 aliphatic rings. The highest BCUT2D eigenvalue weighted by Crippen LogP contribution is 2.26. The van der Waals surface area contributed by atoms with E-state index in [0.717, 1.165) is 13.2 Å². The van der Waals surface area contributed by atoms with Crippen LogP contribution in [0.25, 0.3) is 0 Å². The van der Waals surface area contributed by atoms with Gasteiger partial charge in [-0.05, 0) is 12.5 Å². The van der Waals surface area contributed by atoms with Crippen LogP contribution in [0.3, 0.4) is 0 Å². The van der Waals surface area contributed by atoms with Crippen molar-refractivity contribution in [2.75, 3.05) is 19.8 Å². The van der Waals surface area contributed by atoms with Crippen LogP contribution in [0.15, 0.2) is 30.3 Å². The first-order chi connectivity index (χ1) is 10.00. The van der Waals surface area contributed by atoms with Crippen LogP contribution in [-0.2, 0) is 14.9 Å². The summed E-state index contributed by atoms with van der Waals surface area (Å²) in [5.41, 5.74) is 1.13. The zero-order valence-electron chi connectivity index (χ0n) is 13.2. The lowest BCUT2D eigenvalue weighted by Crippen LogP contribution is -2.49. The Labute approximate surface area is 127 Å². The minimum absolute atomic E-state index is 0.0666. The molecule has 1 aromatic carbocycles. The third-order valence-electron chi connectivity index (χ3n) is 4.41. The maximum atomic E-state index is 12.2. The maximum Gasteiger partial charge on any atom is 0.221 e. The molecule has 4 heteroatoms. The van der Waals surface area contributed by atoms with Crippen LogP contribution in [0.2, 0.25) is 0 Å². The first-order valence-corrected chi connectivity index (χ1v) is 7.66. The molecule has 1 amide bonds. The van der Waals surface area contributed by atoms with Gasteiger partial charge in [-0.2, -0.15) is 0 Å². The molecule has 0 aliphatic carbocycles. The zero-order valence-corrected chi connectivity index (χ0v) is 13.2. The standard InChI is InChI=1S/C17H26N2O2/c1-13(17(2,3)14-7-5-4-6-8-14)19-16(20)11-15-12-21-10-9-18-15/h4-8,13,15,18H,9-12H2,1-3H3,(H,19,20). The summed E-state index contributed by atoms with van der Waals surface area (Å²) >= 11 is 0.